The summed E-state index contributed by atoms with van der Waals surface area (Å²) in [7, 11) is 0. The molecule has 152 valence electrons. The van der Waals surface area contributed by atoms with Crippen molar-refractivity contribution in [1.82, 2.24) is 15.5 Å². The van der Waals surface area contributed by atoms with Gasteiger partial charge in [0.25, 0.3) is 5.91 Å². The number of rotatable bonds is 4. The molecule has 2 aromatic rings. The lowest BCUT2D eigenvalue weighted by Crippen LogP contribution is -2.40. The smallest absolute Gasteiger partial charge is 0.417 e. The van der Waals surface area contributed by atoms with Gasteiger partial charge in [-0.25, -0.2) is 0 Å². The van der Waals surface area contributed by atoms with Crippen LogP contribution in [0.2, 0.25) is 0 Å². The SMILES string of the molecule is Cc1ccc(C(=O)NC2CCC(Oc3ccc(C#N)c(C(F)(F)F)c3)CC2)nn1. The molecule has 0 atom stereocenters. The minimum absolute atomic E-state index is 0.0582. The highest BCUT2D eigenvalue weighted by atomic mass is 19.4. The third-order valence-electron chi connectivity index (χ3n) is 4.76. The Bertz CT molecular complexity index is 915. The van der Waals surface area contributed by atoms with Crippen molar-refractivity contribution in [3.63, 3.8) is 0 Å². The van der Waals surface area contributed by atoms with Gasteiger partial charge in [-0.2, -0.15) is 23.5 Å². The van der Waals surface area contributed by atoms with Crippen LogP contribution in [0.4, 0.5) is 13.2 Å². The first-order valence-electron chi connectivity index (χ1n) is 9.15. The molecule has 1 saturated carbocycles. The second kappa shape index (κ2) is 8.47. The third kappa shape index (κ3) is 5.22. The number of carbonyl (C=O) groups is 1. The lowest BCUT2D eigenvalue weighted by molar-refractivity contribution is -0.137. The van der Waals surface area contributed by atoms with Crippen LogP contribution in [-0.2, 0) is 6.18 Å². The van der Waals surface area contributed by atoms with Crippen LogP contribution in [0.3, 0.4) is 0 Å². The summed E-state index contributed by atoms with van der Waals surface area (Å²) in [5.41, 5.74) is -0.477. The van der Waals surface area contributed by atoms with Crippen molar-refractivity contribution in [2.45, 2.75) is 50.9 Å². The maximum absolute atomic E-state index is 13.1. The predicted octanol–water partition coefficient (Wildman–Crippen LogP) is 3.80. The Labute approximate surface area is 165 Å². The van der Waals surface area contributed by atoms with Crippen LogP contribution in [0.25, 0.3) is 0 Å². The maximum Gasteiger partial charge on any atom is 0.417 e. The zero-order chi connectivity index (χ0) is 21.0. The van der Waals surface area contributed by atoms with Crippen LogP contribution in [-0.4, -0.2) is 28.3 Å². The number of ether oxygens (including phenoxy) is 1. The second-order valence-electron chi connectivity index (χ2n) is 6.94. The predicted molar refractivity (Wildman–Crippen MR) is 97.1 cm³/mol. The van der Waals surface area contributed by atoms with Gasteiger partial charge in [-0.05, 0) is 62.9 Å². The van der Waals surface area contributed by atoms with Gasteiger partial charge in [0.15, 0.2) is 5.69 Å². The number of carbonyl (C=O) groups excluding carboxylic acids is 1. The van der Waals surface area contributed by atoms with Gasteiger partial charge >= 0.3 is 6.18 Å². The highest BCUT2D eigenvalue weighted by Crippen LogP contribution is 2.35. The summed E-state index contributed by atoms with van der Waals surface area (Å²) in [6.07, 6.45) is -2.42. The van der Waals surface area contributed by atoms with Crippen molar-refractivity contribution < 1.29 is 22.7 Å². The molecule has 29 heavy (non-hydrogen) atoms. The second-order valence-corrected chi connectivity index (χ2v) is 6.94. The average molecular weight is 404 g/mol. The Morgan fingerprint density at radius 1 is 1.17 bits per heavy atom. The van der Waals surface area contributed by atoms with Crippen molar-refractivity contribution in [1.29, 1.82) is 5.26 Å². The molecule has 1 aliphatic carbocycles. The van der Waals surface area contributed by atoms with E-state index in [0.29, 0.717) is 25.7 Å². The summed E-state index contributed by atoms with van der Waals surface area (Å²) in [6.45, 7) is 1.78. The molecule has 1 heterocycles. The molecule has 0 unspecified atom stereocenters. The van der Waals surface area contributed by atoms with E-state index in [9.17, 15) is 18.0 Å². The van der Waals surface area contributed by atoms with E-state index in [2.05, 4.69) is 15.5 Å². The lowest BCUT2D eigenvalue weighted by atomic mass is 9.92. The van der Waals surface area contributed by atoms with Gasteiger partial charge < -0.3 is 10.1 Å². The molecular weight excluding hydrogens is 385 g/mol. The van der Waals surface area contributed by atoms with E-state index in [4.69, 9.17) is 10.00 Å². The van der Waals surface area contributed by atoms with Crippen molar-refractivity contribution in [2.75, 3.05) is 0 Å². The zero-order valence-corrected chi connectivity index (χ0v) is 15.7. The maximum atomic E-state index is 13.1. The highest BCUT2D eigenvalue weighted by Gasteiger charge is 2.34. The first-order valence-corrected chi connectivity index (χ1v) is 9.15. The van der Waals surface area contributed by atoms with Crippen LogP contribution in [0.15, 0.2) is 30.3 Å². The van der Waals surface area contributed by atoms with Gasteiger partial charge in [0.1, 0.15) is 5.75 Å². The van der Waals surface area contributed by atoms with E-state index >= 15 is 0 Å². The fourth-order valence-corrected chi connectivity index (χ4v) is 3.23. The summed E-state index contributed by atoms with van der Waals surface area (Å²) < 4.78 is 44.9. The molecule has 1 aromatic heterocycles. The standard InChI is InChI=1S/C20H19F3N4O2/c1-12-2-9-18(27-26-12)19(28)25-14-4-7-15(8-5-14)29-16-6-3-13(11-24)17(10-16)20(21,22)23/h2-3,6,9-10,14-15H,4-5,7-8H2,1H3,(H,25,28). The topological polar surface area (TPSA) is 87.9 Å². The quantitative estimate of drug-likeness (QED) is 0.838. The summed E-state index contributed by atoms with van der Waals surface area (Å²) in [4.78, 5) is 12.2. The molecular formula is C20H19F3N4O2. The fourth-order valence-electron chi connectivity index (χ4n) is 3.23. The van der Waals surface area contributed by atoms with Crippen molar-refractivity contribution in [3.05, 3.63) is 52.8 Å². The number of aryl methyl sites for hydroxylation is 1. The van der Waals surface area contributed by atoms with Gasteiger partial charge in [0.05, 0.1) is 29.0 Å². The number of nitrogens with one attached hydrogen (secondary N) is 1. The third-order valence-corrected chi connectivity index (χ3v) is 4.76. The van der Waals surface area contributed by atoms with Gasteiger partial charge in [-0.1, -0.05) is 0 Å². The van der Waals surface area contributed by atoms with E-state index in [0.717, 1.165) is 17.8 Å². The number of nitrogens with zero attached hydrogens (tertiary/aromatic N) is 3. The van der Waals surface area contributed by atoms with Crippen LogP contribution in [0.5, 0.6) is 5.75 Å². The number of aromatic nitrogens is 2. The van der Waals surface area contributed by atoms with E-state index < -0.39 is 17.3 Å². The first kappa shape index (κ1) is 20.6. The minimum atomic E-state index is -4.62. The molecule has 3 rings (SSSR count). The Balaban J connectivity index is 1.55. The Morgan fingerprint density at radius 3 is 2.48 bits per heavy atom. The van der Waals surface area contributed by atoms with Gasteiger partial charge in [-0.3, -0.25) is 4.79 Å². The van der Waals surface area contributed by atoms with Crippen LogP contribution >= 0.6 is 0 Å². The van der Waals surface area contributed by atoms with Crippen molar-refractivity contribution in [3.8, 4) is 11.8 Å². The Hall–Kier alpha value is -3.15. The zero-order valence-electron chi connectivity index (χ0n) is 15.7. The number of amides is 1. The number of halogens is 3. The molecule has 0 aliphatic heterocycles. The molecule has 1 fully saturated rings. The lowest BCUT2D eigenvalue weighted by Gasteiger charge is -2.29. The van der Waals surface area contributed by atoms with Crippen LogP contribution < -0.4 is 10.1 Å². The molecule has 1 aliphatic rings. The number of hydrogen-bond donors (Lipinski definition) is 1. The summed E-state index contributed by atoms with van der Waals surface area (Å²) >= 11 is 0. The Kier molecular flexibility index (Phi) is 6.01. The van der Waals surface area contributed by atoms with Gasteiger partial charge in [0.2, 0.25) is 0 Å². The number of benzene rings is 1. The first-order chi connectivity index (χ1) is 13.8. The van der Waals surface area contributed by atoms with Gasteiger partial charge in [0, 0.05) is 6.04 Å². The van der Waals surface area contributed by atoms with Crippen molar-refractivity contribution in [2.24, 2.45) is 0 Å². The molecule has 0 bridgehead atoms. The Morgan fingerprint density at radius 2 is 1.90 bits per heavy atom. The van der Waals surface area contributed by atoms with E-state index in [-0.39, 0.29) is 29.5 Å². The summed E-state index contributed by atoms with van der Waals surface area (Å²) in [5, 5.41) is 19.5. The van der Waals surface area contributed by atoms with E-state index in [1.54, 1.807) is 25.1 Å². The molecule has 0 saturated heterocycles. The molecule has 0 spiro atoms. The minimum Gasteiger partial charge on any atom is -0.490 e. The number of hydrogen-bond acceptors (Lipinski definition) is 5. The number of nitriles is 1. The average Bonchev–Trinajstić information content (AvgIpc) is 2.69. The summed E-state index contributed by atoms with van der Waals surface area (Å²) in [5.74, 6) is -0.220. The number of alkyl halides is 3. The largest absolute Gasteiger partial charge is 0.490 e. The summed E-state index contributed by atoms with van der Waals surface area (Å²) in [6, 6.07) is 8.16. The van der Waals surface area contributed by atoms with E-state index in [1.807, 2.05) is 0 Å². The normalized spacial score (nSPS) is 19.3. The molecule has 6 nitrogen and oxygen atoms in total. The van der Waals surface area contributed by atoms with E-state index in [1.165, 1.54) is 6.07 Å². The highest BCUT2D eigenvalue weighted by molar-refractivity contribution is 5.92. The van der Waals surface area contributed by atoms with Crippen LogP contribution in [0, 0.1) is 18.3 Å². The molecule has 1 aromatic carbocycles. The molecule has 1 amide bonds. The fraction of sp³-hybridized carbons (Fsp3) is 0.400. The van der Waals surface area contributed by atoms with Crippen LogP contribution in [0.1, 0.15) is 53.0 Å². The molecule has 9 heteroatoms. The van der Waals surface area contributed by atoms with Crippen molar-refractivity contribution >= 4 is 5.91 Å². The van der Waals surface area contributed by atoms with Gasteiger partial charge in [-0.15, -0.1) is 5.10 Å². The monoisotopic (exact) mass is 404 g/mol. The molecule has 1 N–H and O–H groups in total. The molecule has 0 radical (unpaired) electrons.